The maximum absolute atomic E-state index is 12.7. The van der Waals surface area contributed by atoms with Gasteiger partial charge in [0.1, 0.15) is 5.75 Å². The zero-order valence-corrected chi connectivity index (χ0v) is 15.6. The minimum Gasteiger partial charge on any atom is -0.495 e. The summed E-state index contributed by atoms with van der Waals surface area (Å²) in [6.07, 6.45) is 1.93. The van der Waals surface area contributed by atoms with E-state index in [0.717, 1.165) is 24.1 Å². The first-order valence-corrected chi connectivity index (χ1v) is 8.49. The lowest BCUT2D eigenvalue weighted by Gasteiger charge is -2.32. The second kappa shape index (κ2) is 8.06. The number of rotatable bonds is 3. The monoisotopic (exact) mass is 367 g/mol. The van der Waals surface area contributed by atoms with E-state index in [1.807, 2.05) is 30.0 Å². The van der Waals surface area contributed by atoms with Gasteiger partial charge in [-0.15, -0.1) is 12.4 Å². The summed E-state index contributed by atoms with van der Waals surface area (Å²) < 4.78 is 5.38. The number of hydrogen-bond donors (Lipinski definition) is 1. The summed E-state index contributed by atoms with van der Waals surface area (Å²) in [7, 11) is 1.59. The molecule has 6 nitrogen and oxygen atoms in total. The van der Waals surface area contributed by atoms with Gasteiger partial charge in [0.2, 0.25) is 11.8 Å². The summed E-state index contributed by atoms with van der Waals surface area (Å²) in [6, 6.07) is 5.93. The van der Waals surface area contributed by atoms with Gasteiger partial charge in [0, 0.05) is 32.1 Å². The fourth-order valence-electron chi connectivity index (χ4n) is 3.49. The number of methoxy groups -OCH3 is 1. The third-order valence-corrected chi connectivity index (χ3v) is 4.95. The van der Waals surface area contributed by atoms with Crippen LogP contribution in [-0.2, 0) is 9.59 Å². The van der Waals surface area contributed by atoms with E-state index in [2.05, 4.69) is 0 Å². The Morgan fingerprint density at radius 3 is 2.60 bits per heavy atom. The largest absolute Gasteiger partial charge is 0.495 e. The van der Waals surface area contributed by atoms with Crippen LogP contribution in [0.4, 0.5) is 5.69 Å². The lowest BCUT2D eigenvalue weighted by atomic mass is 10.0. The topological polar surface area (TPSA) is 75.9 Å². The van der Waals surface area contributed by atoms with Crippen molar-refractivity contribution in [2.24, 2.45) is 11.7 Å². The minimum absolute atomic E-state index is 0. The molecule has 2 aliphatic heterocycles. The molecule has 0 radical (unpaired) electrons. The number of anilines is 1. The number of carbonyl (C=O) groups is 2. The highest BCUT2D eigenvalue weighted by Gasteiger charge is 2.38. The molecule has 0 aromatic heterocycles. The van der Waals surface area contributed by atoms with Crippen LogP contribution >= 0.6 is 12.4 Å². The van der Waals surface area contributed by atoms with E-state index < -0.39 is 0 Å². The standard InChI is InChI=1S/C18H25N3O3.ClH/c1-12-3-4-16(24-2)15(9-12)21-11-13(10-17(21)22)18(23)20-7-5-14(19)6-8-20;/h3-4,9,13-14H,5-8,10-11,19H2,1-2H3;1H. The third-order valence-electron chi connectivity index (χ3n) is 4.95. The van der Waals surface area contributed by atoms with Gasteiger partial charge in [-0.1, -0.05) is 6.07 Å². The van der Waals surface area contributed by atoms with Crippen LogP contribution in [0, 0.1) is 12.8 Å². The molecule has 3 rings (SSSR count). The Balaban J connectivity index is 0.00000225. The zero-order valence-electron chi connectivity index (χ0n) is 14.7. The van der Waals surface area contributed by atoms with Crippen molar-refractivity contribution in [1.82, 2.24) is 4.90 Å². The van der Waals surface area contributed by atoms with Crippen molar-refractivity contribution in [1.29, 1.82) is 0 Å². The molecule has 1 unspecified atom stereocenters. The van der Waals surface area contributed by atoms with Crippen molar-refractivity contribution in [3.8, 4) is 5.75 Å². The van der Waals surface area contributed by atoms with E-state index in [0.29, 0.717) is 25.4 Å². The smallest absolute Gasteiger partial charge is 0.228 e. The van der Waals surface area contributed by atoms with Crippen molar-refractivity contribution in [2.45, 2.75) is 32.2 Å². The van der Waals surface area contributed by atoms with Crippen LogP contribution in [0.2, 0.25) is 0 Å². The quantitative estimate of drug-likeness (QED) is 0.882. The van der Waals surface area contributed by atoms with Crippen molar-refractivity contribution >= 4 is 29.9 Å². The number of nitrogens with zero attached hydrogens (tertiary/aromatic N) is 2. The molecule has 2 N–H and O–H groups in total. The maximum atomic E-state index is 12.7. The number of aryl methyl sites for hydroxylation is 1. The highest BCUT2D eigenvalue weighted by Crippen LogP contribution is 2.34. The fraction of sp³-hybridized carbons (Fsp3) is 0.556. The number of piperidine rings is 1. The van der Waals surface area contributed by atoms with Crippen LogP contribution in [0.15, 0.2) is 18.2 Å². The van der Waals surface area contributed by atoms with Gasteiger partial charge in [0.05, 0.1) is 18.7 Å². The predicted octanol–water partition coefficient (Wildman–Crippen LogP) is 1.73. The predicted molar refractivity (Wildman–Crippen MR) is 99.2 cm³/mol. The molecule has 2 heterocycles. The first kappa shape index (κ1) is 19.5. The Morgan fingerprint density at radius 1 is 1.28 bits per heavy atom. The number of carbonyl (C=O) groups excluding carboxylic acids is 2. The number of amides is 2. The Morgan fingerprint density at radius 2 is 1.96 bits per heavy atom. The summed E-state index contributed by atoms with van der Waals surface area (Å²) in [5.41, 5.74) is 7.71. The molecule has 2 amide bonds. The van der Waals surface area contributed by atoms with Gasteiger partial charge in [-0.05, 0) is 37.5 Å². The number of ether oxygens (including phenoxy) is 1. The maximum Gasteiger partial charge on any atom is 0.228 e. The van der Waals surface area contributed by atoms with Crippen LogP contribution in [0.25, 0.3) is 0 Å². The Kier molecular flexibility index (Phi) is 6.30. The molecule has 1 aromatic carbocycles. The lowest BCUT2D eigenvalue weighted by molar-refractivity contribution is -0.136. The first-order valence-electron chi connectivity index (χ1n) is 8.49. The molecule has 1 aromatic rings. The zero-order chi connectivity index (χ0) is 17.3. The average Bonchev–Trinajstić information content (AvgIpc) is 2.96. The normalized spacial score (nSPS) is 21.2. The van der Waals surface area contributed by atoms with E-state index >= 15 is 0 Å². The van der Waals surface area contributed by atoms with E-state index in [1.165, 1.54) is 0 Å². The van der Waals surface area contributed by atoms with E-state index in [9.17, 15) is 9.59 Å². The second-order valence-electron chi connectivity index (χ2n) is 6.74. The molecule has 2 saturated heterocycles. The molecule has 25 heavy (non-hydrogen) atoms. The SMILES string of the molecule is COc1ccc(C)cc1N1CC(C(=O)N2CCC(N)CC2)CC1=O.Cl. The van der Waals surface area contributed by atoms with E-state index in [-0.39, 0.29) is 42.6 Å². The van der Waals surface area contributed by atoms with E-state index in [4.69, 9.17) is 10.5 Å². The molecule has 138 valence electrons. The summed E-state index contributed by atoms with van der Waals surface area (Å²) in [6.45, 7) is 3.78. The van der Waals surface area contributed by atoms with Crippen molar-refractivity contribution < 1.29 is 14.3 Å². The van der Waals surface area contributed by atoms with Crippen LogP contribution in [0.1, 0.15) is 24.8 Å². The number of hydrogen-bond acceptors (Lipinski definition) is 4. The van der Waals surface area contributed by atoms with Crippen LogP contribution in [0.3, 0.4) is 0 Å². The summed E-state index contributed by atoms with van der Waals surface area (Å²) in [4.78, 5) is 28.8. The van der Waals surface area contributed by atoms with Gasteiger partial charge in [0.25, 0.3) is 0 Å². The van der Waals surface area contributed by atoms with E-state index in [1.54, 1.807) is 12.0 Å². The molecular formula is C18H26ClN3O3. The van der Waals surface area contributed by atoms with Crippen molar-refractivity contribution in [3.05, 3.63) is 23.8 Å². The van der Waals surface area contributed by atoms with Crippen LogP contribution in [-0.4, -0.2) is 49.5 Å². The molecule has 0 aliphatic carbocycles. The van der Waals surface area contributed by atoms with Crippen LogP contribution in [0.5, 0.6) is 5.75 Å². The average molecular weight is 368 g/mol. The molecule has 2 fully saturated rings. The highest BCUT2D eigenvalue weighted by atomic mass is 35.5. The van der Waals surface area contributed by atoms with Gasteiger partial charge in [-0.3, -0.25) is 9.59 Å². The molecule has 7 heteroatoms. The van der Waals surface area contributed by atoms with Gasteiger partial charge in [-0.2, -0.15) is 0 Å². The summed E-state index contributed by atoms with van der Waals surface area (Å²) >= 11 is 0. The summed E-state index contributed by atoms with van der Waals surface area (Å²) in [5, 5.41) is 0. The lowest BCUT2D eigenvalue weighted by Crippen LogP contribution is -2.45. The first-order chi connectivity index (χ1) is 11.5. The Hall–Kier alpha value is -1.79. The molecular weight excluding hydrogens is 342 g/mol. The Labute approximate surface area is 154 Å². The molecule has 0 saturated carbocycles. The van der Waals surface area contributed by atoms with Crippen LogP contribution < -0.4 is 15.4 Å². The van der Waals surface area contributed by atoms with Gasteiger partial charge >= 0.3 is 0 Å². The fourth-order valence-corrected chi connectivity index (χ4v) is 3.49. The number of nitrogens with two attached hydrogens (primary N) is 1. The number of halogens is 1. The third kappa shape index (κ3) is 4.07. The van der Waals surface area contributed by atoms with Gasteiger partial charge in [-0.25, -0.2) is 0 Å². The van der Waals surface area contributed by atoms with Gasteiger partial charge < -0.3 is 20.3 Å². The number of benzene rings is 1. The second-order valence-corrected chi connectivity index (χ2v) is 6.74. The summed E-state index contributed by atoms with van der Waals surface area (Å²) in [5.74, 6) is 0.429. The number of likely N-dealkylation sites (tertiary alicyclic amines) is 1. The molecule has 2 aliphatic rings. The Bertz CT molecular complexity index is 644. The van der Waals surface area contributed by atoms with Crippen molar-refractivity contribution in [2.75, 3.05) is 31.6 Å². The molecule has 0 spiro atoms. The van der Waals surface area contributed by atoms with Crippen molar-refractivity contribution in [3.63, 3.8) is 0 Å². The minimum atomic E-state index is -0.281. The van der Waals surface area contributed by atoms with Gasteiger partial charge in [0.15, 0.2) is 0 Å². The molecule has 1 atom stereocenters. The molecule has 0 bridgehead atoms. The highest BCUT2D eigenvalue weighted by molar-refractivity contribution is 6.01.